The molecule has 282 valence electrons. The molecule has 0 saturated carbocycles. The fourth-order valence-electron chi connectivity index (χ4n) is 7.53. The van der Waals surface area contributed by atoms with Crippen molar-refractivity contribution in [3.8, 4) is 0 Å². The van der Waals surface area contributed by atoms with Crippen molar-refractivity contribution in [3.05, 3.63) is 89.0 Å². The molecular formula is C39H48F4N4O5. The molecule has 0 N–H and O–H groups in total. The van der Waals surface area contributed by atoms with Crippen LogP contribution in [-0.2, 0) is 37.6 Å². The second-order valence-corrected chi connectivity index (χ2v) is 14.7. The lowest BCUT2D eigenvalue weighted by molar-refractivity contribution is -0.223. The van der Waals surface area contributed by atoms with E-state index in [-0.39, 0.29) is 69.6 Å². The topological polar surface area (TPSA) is 94.0 Å². The lowest BCUT2D eigenvalue weighted by Gasteiger charge is -2.52. The molecule has 0 bridgehead atoms. The second-order valence-electron chi connectivity index (χ2n) is 14.7. The Labute approximate surface area is 302 Å². The number of hydrogen-bond acceptors (Lipinski definition) is 6. The molecule has 2 fully saturated rings. The van der Waals surface area contributed by atoms with Crippen molar-refractivity contribution in [1.82, 2.24) is 19.6 Å². The number of hydrogen-bond donors (Lipinski definition) is 0. The van der Waals surface area contributed by atoms with Crippen LogP contribution in [0.15, 0.2) is 60.9 Å². The number of amides is 2. The highest BCUT2D eigenvalue weighted by molar-refractivity contribution is 5.94. The first-order chi connectivity index (χ1) is 24.6. The van der Waals surface area contributed by atoms with Crippen LogP contribution in [0.25, 0.3) is 0 Å². The minimum atomic E-state index is -4.71. The molecular weight excluding hydrogens is 680 g/mol. The Bertz CT molecular complexity index is 1730. The van der Waals surface area contributed by atoms with Gasteiger partial charge < -0.3 is 19.3 Å². The van der Waals surface area contributed by atoms with E-state index in [2.05, 4.69) is 5.10 Å². The van der Waals surface area contributed by atoms with Gasteiger partial charge in [-0.3, -0.25) is 19.1 Å². The number of esters is 1. The predicted molar refractivity (Wildman–Crippen MR) is 186 cm³/mol. The molecule has 3 aromatic rings. The van der Waals surface area contributed by atoms with Gasteiger partial charge in [-0.05, 0) is 62.4 Å². The number of benzene rings is 2. The first-order valence-electron chi connectivity index (χ1n) is 17.9. The van der Waals surface area contributed by atoms with Gasteiger partial charge in [0.25, 0.3) is 5.91 Å². The van der Waals surface area contributed by atoms with Crippen molar-refractivity contribution < 1.29 is 41.4 Å². The molecule has 13 heteroatoms. The second kappa shape index (κ2) is 15.4. The Morgan fingerprint density at radius 3 is 2.29 bits per heavy atom. The quantitative estimate of drug-likeness (QED) is 0.134. The first kappa shape index (κ1) is 39.0. The van der Waals surface area contributed by atoms with Gasteiger partial charge in [-0.15, -0.1) is 0 Å². The molecule has 2 saturated heterocycles. The van der Waals surface area contributed by atoms with E-state index in [1.54, 1.807) is 34.8 Å². The van der Waals surface area contributed by atoms with E-state index >= 15 is 0 Å². The van der Waals surface area contributed by atoms with E-state index in [9.17, 15) is 31.9 Å². The van der Waals surface area contributed by atoms with E-state index in [1.165, 1.54) is 23.2 Å². The van der Waals surface area contributed by atoms with Gasteiger partial charge in [0.2, 0.25) is 5.91 Å². The van der Waals surface area contributed by atoms with Gasteiger partial charge in [0.05, 0.1) is 43.5 Å². The standard InChI is InChI=1S/C39H48F4N4O5/c1-6-16-38(7-2,35(50)52-8-3)30-11-9-10-28(17-30)22-51-23-31-21-45(24-37(31)25-46(26-37)34(49)36(4,5)39(41,42)43)33(48)29-18-44-47(20-29)19-27-12-14-32(40)15-13-27/h9-15,17-18,20,31H,6-8,16,19,21-26H2,1-5H3/t31-,38?/m0/s1. The molecule has 0 aliphatic carbocycles. The summed E-state index contributed by atoms with van der Waals surface area (Å²) in [6.45, 7) is 9.25. The van der Waals surface area contributed by atoms with Gasteiger partial charge in [-0.1, -0.05) is 56.7 Å². The Hall–Kier alpha value is -4.26. The molecule has 5 rings (SSSR count). The number of halogens is 4. The summed E-state index contributed by atoms with van der Waals surface area (Å²) < 4.78 is 68.0. The van der Waals surface area contributed by atoms with Crippen LogP contribution in [-0.4, -0.2) is 82.9 Å². The molecule has 52 heavy (non-hydrogen) atoms. The molecule has 1 aromatic heterocycles. The summed E-state index contributed by atoms with van der Waals surface area (Å²) in [7, 11) is 0. The molecule has 2 aromatic carbocycles. The number of nitrogens with zero attached hydrogens (tertiary/aromatic N) is 4. The maximum atomic E-state index is 13.8. The lowest BCUT2D eigenvalue weighted by Crippen LogP contribution is -2.66. The average molecular weight is 729 g/mol. The highest BCUT2D eigenvalue weighted by Crippen LogP contribution is 2.48. The molecule has 2 amide bonds. The molecule has 1 spiro atoms. The zero-order valence-electron chi connectivity index (χ0n) is 30.5. The smallest absolute Gasteiger partial charge is 0.402 e. The van der Waals surface area contributed by atoms with Crippen LogP contribution in [0.3, 0.4) is 0 Å². The molecule has 0 radical (unpaired) electrons. The van der Waals surface area contributed by atoms with Crippen LogP contribution < -0.4 is 0 Å². The van der Waals surface area contributed by atoms with Crippen molar-refractivity contribution in [2.75, 3.05) is 39.4 Å². The SMILES string of the molecule is CCCC(CC)(C(=O)OCC)c1cccc(COC[C@@H]2CN(C(=O)c3cnn(Cc4ccc(F)cc4)c3)CC23CN(C(=O)C(C)(C)C(F)(F)F)C3)c1. The number of carbonyl (C=O) groups excluding carboxylic acids is 3. The van der Waals surface area contributed by atoms with Crippen LogP contribution in [0.5, 0.6) is 0 Å². The van der Waals surface area contributed by atoms with Gasteiger partial charge in [0, 0.05) is 43.7 Å². The van der Waals surface area contributed by atoms with Gasteiger partial charge in [0.1, 0.15) is 11.2 Å². The van der Waals surface area contributed by atoms with Crippen LogP contribution in [0, 0.1) is 22.6 Å². The Kier molecular flexibility index (Phi) is 11.5. The van der Waals surface area contributed by atoms with E-state index in [0.29, 0.717) is 24.9 Å². The van der Waals surface area contributed by atoms with E-state index in [4.69, 9.17) is 9.47 Å². The van der Waals surface area contributed by atoms with Crippen molar-refractivity contribution >= 4 is 17.8 Å². The largest absolute Gasteiger partial charge is 0.465 e. The summed E-state index contributed by atoms with van der Waals surface area (Å²) >= 11 is 0. The monoisotopic (exact) mass is 728 g/mol. The van der Waals surface area contributed by atoms with Crippen molar-refractivity contribution in [2.45, 2.75) is 78.6 Å². The average Bonchev–Trinajstić information content (AvgIpc) is 3.72. The minimum Gasteiger partial charge on any atom is -0.465 e. The number of aromatic nitrogens is 2. The molecule has 1 unspecified atom stereocenters. The summed E-state index contributed by atoms with van der Waals surface area (Å²) in [5, 5.41) is 4.31. The molecule has 9 nitrogen and oxygen atoms in total. The Morgan fingerprint density at radius 2 is 1.65 bits per heavy atom. The van der Waals surface area contributed by atoms with E-state index < -0.39 is 28.3 Å². The highest BCUT2D eigenvalue weighted by Gasteiger charge is 2.61. The highest BCUT2D eigenvalue weighted by atomic mass is 19.4. The zero-order valence-corrected chi connectivity index (χ0v) is 30.5. The number of carbonyl (C=O) groups is 3. The fraction of sp³-hybridized carbons (Fsp3) is 0.538. The van der Waals surface area contributed by atoms with Crippen molar-refractivity contribution in [2.24, 2.45) is 16.7 Å². The fourth-order valence-corrected chi connectivity index (χ4v) is 7.53. The lowest BCUT2D eigenvalue weighted by atomic mass is 9.70. The third-order valence-corrected chi connectivity index (χ3v) is 10.8. The van der Waals surface area contributed by atoms with Crippen molar-refractivity contribution in [3.63, 3.8) is 0 Å². The van der Waals surface area contributed by atoms with Crippen LogP contribution in [0.4, 0.5) is 17.6 Å². The normalized spacial score (nSPS) is 18.3. The zero-order chi connectivity index (χ0) is 37.9. The van der Waals surface area contributed by atoms with Gasteiger partial charge >= 0.3 is 12.1 Å². The Balaban J connectivity index is 1.31. The third kappa shape index (κ3) is 7.74. The van der Waals surface area contributed by atoms with Crippen molar-refractivity contribution in [1.29, 1.82) is 0 Å². The minimum absolute atomic E-state index is 0.0675. The number of rotatable bonds is 14. The van der Waals surface area contributed by atoms with Crippen LogP contribution in [0.2, 0.25) is 0 Å². The van der Waals surface area contributed by atoms with Gasteiger partial charge in [-0.2, -0.15) is 18.3 Å². The van der Waals surface area contributed by atoms with Crippen LogP contribution in [0.1, 0.15) is 80.9 Å². The summed E-state index contributed by atoms with van der Waals surface area (Å²) in [6.07, 6.45) is 0.360. The van der Waals surface area contributed by atoms with Gasteiger partial charge in [-0.25, -0.2) is 4.39 Å². The van der Waals surface area contributed by atoms with Crippen LogP contribution >= 0.6 is 0 Å². The predicted octanol–water partition coefficient (Wildman–Crippen LogP) is 6.79. The maximum absolute atomic E-state index is 13.8. The number of alkyl halides is 3. The third-order valence-electron chi connectivity index (χ3n) is 10.8. The molecule has 2 aliphatic rings. The Morgan fingerprint density at radius 1 is 0.962 bits per heavy atom. The summed E-state index contributed by atoms with van der Waals surface area (Å²) in [4.78, 5) is 42.9. The number of likely N-dealkylation sites (tertiary alicyclic amines) is 2. The summed E-state index contributed by atoms with van der Waals surface area (Å²) in [6, 6.07) is 13.7. The summed E-state index contributed by atoms with van der Waals surface area (Å²) in [5.41, 5.74) is -1.13. The number of ether oxygens (including phenoxy) is 2. The molecule has 2 aliphatic heterocycles. The molecule has 3 heterocycles. The van der Waals surface area contributed by atoms with E-state index in [1.807, 2.05) is 38.1 Å². The van der Waals surface area contributed by atoms with Gasteiger partial charge in [0.15, 0.2) is 0 Å². The van der Waals surface area contributed by atoms with E-state index in [0.717, 1.165) is 37.0 Å². The first-order valence-corrected chi connectivity index (χ1v) is 17.9. The summed E-state index contributed by atoms with van der Waals surface area (Å²) in [5.74, 6) is -2.16. The maximum Gasteiger partial charge on any atom is 0.402 e. The molecule has 2 atom stereocenters.